The van der Waals surface area contributed by atoms with E-state index in [-0.39, 0.29) is 0 Å². The number of hydrogen-bond donors (Lipinski definition) is 1. The van der Waals surface area contributed by atoms with E-state index in [9.17, 15) is 4.79 Å². The fourth-order valence-electron chi connectivity index (χ4n) is 0.512. The fraction of sp³-hybridized carbons (Fsp3) is 0.375. The van der Waals surface area contributed by atoms with Crippen LogP contribution in [0.15, 0.2) is 24.0 Å². The van der Waals surface area contributed by atoms with E-state index in [4.69, 9.17) is 4.74 Å². The van der Waals surface area contributed by atoms with Crippen molar-refractivity contribution in [2.75, 3.05) is 7.05 Å². The number of ether oxygens (including phenoxy) is 1. The summed E-state index contributed by atoms with van der Waals surface area (Å²) in [7, 11) is 1.52. The molecule has 0 atom stereocenters. The summed E-state index contributed by atoms with van der Waals surface area (Å²) in [6.07, 6.45) is 4.79. The van der Waals surface area contributed by atoms with E-state index in [0.717, 1.165) is 0 Å². The van der Waals surface area contributed by atoms with Gasteiger partial charge in [0.2, 0.25) is 0 Å². The number of alkyl carbamates (subject to hydrolysis) is 1. The molecule has 0 aliphatic carbocycles. The molecule has 0 aromatic heterocycles. The van der Waals surface area contributed by atoms with Crippen molar-refractivity contribution in [2.24, 2.45) is 0 Å². The van der Waals surface area contributed by atoms with Gasteiger partial charge in [-0.3, -0.25) is 0 Å². The minimum atomic E-state index is -0.448. The molecular formula is C8H13NO2. The van der Waals surface area contributed by atoms with Crippen LogP contribution in [-0.4, -0.2) is 13.1 Å². The molecular weight excluding hydrogens is 142 g/mol. The zero-order valence-corrected chi connectivity index (χ0v) is 7.05. The van der Waals surface area contributed by atoms with Crippen LogP contribution in [0, 0.1) is 0 Å². The van der Waals surface area contributed by atoms with Gasteiger partial charge in [-0.25, -0.2) is 4.79 Å². The highest BCUT2D eigenvalue weighted by molar-refractivity contribution is 5.68. The Labute approximate surface area is 66.7 Å². The smallest absolute Gasteiger partial charge is 0.411 e. The molecule has 0 unspecified atom stereocenters. The molecule has 0 saturated carbocycles. The third-order valence-corrected chi connectivity index (χ3v) is 1.03. The molecule has 0 aromatic carbocycles. The van der Waals surface area contributed by atoms with E-state index >= 15 is 0 Å². The highest BCUT2D eigenvalue weighted by Gasteiger charge is 1.98. The third kappa shape index (κ3) is 4.19. The second-order valence-corrected chi connectivity index (χ2v) is 1.83. The molecule has 11 heavy (non-hydrogen) atoms. The van der Waals surface area contributed by atoms with Crippen LogP contribution in [0.3, 0.4) is 0 Å². The summed E-state index contributed by atoms with van der Waals surface area (Å²) in [5, 5.41) is 2.35. The fourth-order valence-corrected chi connectivity index (χ4v) is 0.512. The molecule has 0 bridgehead atoms. The molecule has 0 aliphatic heterocycles. The lowest BCUT2D eigenvalue weighted by atomic mass is 10.4. The van der Waals surface area contributed by atoms with Gasteiger partial charge in [-0.05, 0) is 26.0 Å². The van der Waals surface area contributed by atoms with E-state index in [1.807, 2.05) is 6.92 Å². The first-order valence-electron chi connectivity index (χ1n) is 3.43. The Kier molecular flexibility index (Phi) is 4.90. The monoisotopic (exact) mass is 155 g/mol. The SMILES string of the molecule is C/C=C\C(=C/C)OC(=O)NC. The average Bonchev–Trinajstić information content (AvgIpc) is 2.03. The largest absolute Gasteiger partial charge is 0.412 e. The molecule has 0 heterocycles. The molecule has 0 aromatic rings. The van der Waals surface area contributed by atoms with Crippen LogP contribution in [-0.2, 0) is 4.74 Å². The second kappa shape index (κ2) is 5.53. The third-order valence-electron chi connectivity index (χ3n) is 1.03. The number of carbonyl (C=O) groups excluding carboxylic acids is 1. The summed E-state index contributed by atoms with van der Waals surface area (Å²) >= 11 is 0. The summed E-state index contributed by atoms with van der Waals surface area (Å²) in [6, 6.07) is 0. The van der Waals surface area contributed by atoms with Gasteiger partial charge in [0.15, 0.2) is 0 Å². The van der Waals surface area contributed by atoms with Crippen molar-refractivity contribution in [1.29, 1.82) is 0 Å². The Morgan fingerprint density at radius 2 is 2.09 bits per heavy atom. The molecule has 0 spiro atoms. The Balaban J connectivity index is 4.00. The maximum Gasteiger partial charge on any atom is 0.412 e. The van der Waals surface area contributed by atoms with Crippen LogP contribution < -0.4 is 5.32 Å². The van der Waals surface area contributed by atoms with Crippen molar-refractivity contribution in [3.05, 3.63) is 24.0 Å². The van der Waals surface area contributed by atoms with E-state index in [0.29, 0.717) is 5.76 Å². The van der Waals surface area contributed by atoms with Crippen LogP contribution in [0.4, 0.5) is 4.79 Å². The van der Waals surface area contributed by atoms with Gasteiger partial charge in [0.05, 0.1) is 0 Å². The Bertz CT molecular complexity index is 183. The minimum absolute atomic E-state index is 0.448. The minimum Gasteiger partial charge on any atom is -0.411 e. The molecule has 1 amide bonds. The molecule has 0 aliphatic rings. The predicted octanol–water partition coefficient (Wildman–Crippen LogP) is 1.82. The van der Waals surface area contributed by atoms with Gasteiger partial charge in [-0.1, -0.05) is 6.08 Å². The number of amides is 1. The zero-order valence-electron chi connectivity index (χ0n) is 7.05. The van der Waals surface area contributed by atoms with Crippen LogP contribution in [0.1, 0.15) is 13.8 Å². The summed E-state index contributed by atoms with van der Waals surface area (Å²) in [5.74, 6) is 0.548. The Morgan fingerprint density at radius 3 is 2.45 bits per heavy atom. The molecule has 0 radical (unpaired) electrons. The number of allylic oxidation sites excluding steroid dienone is 3. The standard InChI is InChI=1S/C8H13NO2/c1-4-6-7(5-2)11-8(10)9-3/h4-6H,1-3H3,(H,9,10)/b6-4-,7-5+. The quantitative estimate of drug-likeness (QED) is 0.488. The lowest BCUT2D eigenvalue weighted by Crippen LogP contribution is -2.18. The maximum atomic E-state index is 10.6. The van der Waals surface area contributed by atoms with Crippen molar-refractivity contribution in [2.45, 2.75) is 13.8 Å². The molecule has 1 N–H and O–H groups in total. The Hall–Kier alpha value is -1.25. The summed E-state index contributed by atoms with van der Waals surface area (Å²) in [4.78, 5) is 10.6. The maximum absolute atomic E-state index is 10.6. The van der Waals surface area contributed by atoms with Gasteiger partial charge in [0.1, 0.15) is 5.76 Å². The van der Waals surface area contributed by atoms with Gasteiger partial charge < -0.3 is 10.1 Å². The van der Waals surface area contributed by atoms with Gasteiger partial charge in [0, 0.05) is 7.05 Å². The lowest BCUT2D eigenvalue weighted by molar-refractivity contribution is 0.181. The highest BCUT2D eigenvalue weighted by Crippen LogP contribution is 1.98. The highest BCUT2D eigenvalue weighted by atomic mass is 16.6. The normalized spacial score (nSPS) is 11.7. The lowest BCUT2D eigenvalue weighted by Gasteiger charge is -2.01. The van der Waals surface area contributed by atoms with Crippen molar-refractivity contribution < 1.29 is 9.53 Å². The van der Waals surface area contributed by atoms with Crippen molar-refractivity contribution in [3.63, 3.8) is 0 Å². The predicted molar refractivity (Wildman–Crippen MR) is 44.1 cm³/mol. The molecule has 3 nitrogen and oxygen atoms in total. The number of rotatable bonds is 2. The Morgan fingerprint density at radius 1 is 1.45 bits per heavy atom. The molecule has 0 saturated heterocycles. The number of hydrogen-bond acceptors (Lipinski definition) is 2. The zero-order chi connectivity index (χ0) is 8.69. The van der Waals surface area contributed by atoms with Crippen molar-refractivity contribution in [1.82, 2.24) is 5.32 Å². The molecule has 0 rings (SSSR count). The summed E-state index contributed by atoms with van der Waals surface area (Å²) < 4.78 is 4.81. The first-order valence-corrected chi connectivity index (χ1v) is 3.43. The number of nitrogens with one attached hydrogen (secondary N) is 1. The molecule has 0 fully saturated rings. The topological polar surface area (TPSA) is 38.3 Å². The van der Waals surface area contributed by atoms with E-state index in [2.05, 4.69) is 5.32 Å². The van der Waals surface area contributed by atoms with Gasteiger partial charge in [-0.2, -0.15) is 0 Å². The summed E-state index contributed by atoms with van der Waals surface area (Å²) in [5.41, 5.74) is 0. The van der Waals surface area contributed by atoms with E-state index in [1.165, 1.54) is 7.05 Å². The van der Waals surface area contributed by atoms with Crippen LogP contribution >= 0.6 is 0 Å². The first kappa shape index (κ1) is 9.75. The van der Waals surface area contributed by atoms with Crippen molar-refractivity contribution >= 4 is 6.09 Å². The molecule has 62 valence electrons. The van der Waals surface area contributed by atoms with Gasteiger partial charge in [-0.15, -0.1) is 0 Å². The first-order chi connectivity index (χ1) is 5.24. The summed E-state index contributed by atoms with van der Waals surface area (Å²) in [6.45, 7) is 3.66. The number of carbonyl (C=O) groups is 1. The second-order valence-electron chi connectivity index (χ2n) is 1.83. The molecule has 3 heteroatoms. The van der Waals surface area contributed by atoms with E-state index in [1.54, 1.807) is 25.2 Å². The van der Waals surface area contributed by atoms with Crippen molar-refractivity contribution in [3.8, 4) is 0 Å². The van der Waals surface area contributed by atoms with Gasteiger partial charge >= 0.3 is 6.09 Å². The van der Waals surface area contributed by atoms with E-state index < -0.39 is 6.09 Å². The van der Waals surface area contributed by atoms with Gasteiger partial charge in [0.25, 0.3) is 0 Å². The van der Waals surface area contributed by atoms with Crippen LogP contribution in [0.2, 0.25) is 0 Å². The van der Waals surface area contributed by atoms with Crippen LogP contribution in [0.5, 0.6) is 0 Å². The average molecular weight is 155 g/mol. The van der Waals surface area contributed by atoms with Crippen LogP contribution in [0.25, 0.3) is 0 Å².